The van der Waals surface area contributed by atoms with E-state index < -0.39 is 0 Å². The molecule has 1 aromatic rings. The minimum atomic E-state index is -0.361. The number of benzene rings is 1. The Morgan fingerprint density at radius 3 is 2.29 bits per heavy atom. The van der Waals surface area contributed by atoms with Gasteiger partial charge in [-0.1, -0.05) is 28.6 Å². The van der Waals surface area contributed by atoms with Crippen LogP contribution in [0.4, 0.5) is 0 Å². The van der Waals surface area contributed by atoms with Gasteiger partial charge in [-0.25, -0.2) is 0 Å². The summed E-state index contributed by atoms with van der Waals surface area (Å²) in [6.45, 7) is 4.20. The number of amides is 1. The summed E-state index contributed by atoms with van der Waals surface area (Å²) in [5.74, 6) is -0.361. The van der Waals surface area contributed by atoms with Crippen molar-refractivity contribution in [2.45, 2.75) is 13.8 Å². The second kappa shape index (κ2) is 4.76. The van der Waals surface area contributed by atoms with E-state index >= 15 is 0 Å². The van der Waals surface area contributed by atoms with Crippen molar-refractivity contribution in [2.75, 3.05) is 0 Å². The number of primary amides is 1. The van der Waals surface area contributed by atoms with Crippen molar-refractivity contribution in [1.29, 1.82) is 0 Å². The van der Waals surface area contributed by atoms with Crippen molar-refractivity contribution >= 4 is 20.6 Å². The van der Waals surface area contributed by atoms with Crippen LogP contribution in [-0.2, 0) is 0 Å². The minimum Gasteiger partial charge on any atom is -0.366 e. The summed E-state index contributed by atoms with van der Waals surface area (Å²) in [6.07, 6.45) is 0. The molecule has 14 heavy (non-hydrogen) atoms. The predicted octanol–water partition coefficient (Wildman–Crippen LogP) is 0.503. The zero-order valence-corrected chi connectivity index (χ0v) is 9.99. The summed E-state index contributed by atoms with van der Waals surface area (Å²) < 4.78 is 0. The molecular formula is C11H15NOSi. The molecule has 1 amide bonds. The maximum Gasteiger partial charge on any atom is 0.248 e. The van der Waals surface area contributed by atoms with E-state index in [1.165, 1.54) is 10.8 Å². The molecule has 0 aliphatic rings. The molecule has 1 rings (SSSR count). The van der Waals surface area contributed by atoms with Crippen molar-refractivity contribution in [2.24, 2.45) is 5.73 Å². The zero-order valence-electron chi connectivity index (χ0n) is 8.58. The molecule has 0 aliphatic heterocycles. The summed E-state index contributed by atoms with van der Waals surface area (Å²) in [6, 6.07) is 7.57. The third kappa shape index (κ3) is 3.18. The lowest BCUT2D eigenvalue weighted by Gasteiger charge is -1.98. The summed E-state index contributed by atoms with van der Waals surface area (Å²) >= 11 is 0. The Kier molecular flexibility index (Phi) is 3.65. The molecule has 0 aliphatic carbocycles. The Bertz CT molecular complexity index is 350. The lowest BCUT2D eigenvalue weighted by molar-refractivity contribution is 0.100. The average Bonchev–Trinajstić information content (AvgIpc) is 2.15. The Hall–Kier alpha value is -1.35. The van der Waals surface area contributed by atoms with Gasteiger partial charge in [0.1, 0.15) is 0 Å². The fourth-order valence-corrected chi connectivity index (χ4v) is 2.28. The number of carbonyl (C=O) groups is 1. The first-order chi connectivity index (χ1) is 6.59. The largest absolute Gasteiger partial charge is 0.366 e. The van der Waals surface area contributed by atoms with Crippen molar-refractivity contribution in [1.82, 2.24) is 0 Å². The molecule has 2 N–H and O–H groups in total. The lowest BCUT2D eigenvalue weighted by atomic mass is 10.2. The zero-order chi connectivity index (χ0) is 10.6. The molecular weight excluding hydrogens is 190 g/mol. The van der Waals surface area contributed by atoms with Crippen LogP contribution in [0.1, 0.15) is 24.2 Å². The smallest absolute Gasteiger partial charge is 0.248 e. The monoisotopic (exact) mass is 205 g/mol. The van der Waals surface area contributed by atoms with E-state index in [-0.39, 0.29) is 15.4 Å². The minimum absolute atomic E-state index is 0.314. The van der Waals surface area contributed by atoms with Crippen LogP contribution in [0.3, 0.4) is 0 Å². The van der Waals surface area contributed by atoms with Crippen LogP contribution in [-0.4, -0.2) is 15.4 Å². The van der Waals surface area contributed by atoms with Crippen molar-refractivity contribution < 1.29 is 4.79 Å². The van der Waals surface area contributed by atoms with Crippen molar-refractivity contribution in [3.05, 3.63) is 41.1 Å². The van der Waals surface area contributed by atoms with Crippen LogP contribution in [0.15, 0.2) is 35.5 Å². The first-order valence-corrected chi connectivity index (χ1v) is 6.14. The number of rotatable bonds is 3. The van der Waals surface area contributed by atoms with Gasteiger partial charge in [-0.15, -0.1) is 0 Å². The molecule has 0 atom stereocenters. The van der Waals surface area contributed by atoms with E-state index in [4.69, 9.17) is 5.73 Å². The average molecular weight is 205 g/mol. The summed E-state index contributed by atoms with van der Waals surface area (Å²) in [4.78, 5) is 10.8. The fraction of sp³-hybridized carbons (Fsp3) is 0.182. The molecule has 0 heterocycles. The number of hydrogen-bond donors (Lipinski definition) is 1. The third-order valence-corrected chi connectivity index (χ3v) is 3.95. The molecule has 0 radical (unpaired) electrons. The van der Waals surface area contributed by atoms with Gasteiger partial charge < -0.3 is 5.73 Å². The van der Waals surface area contributed by atoms with Gasteiger partial charge in [-0.05, 0) is 26.0 Å². The van der Waals surface area contributed by atoms with Gasteiger partial charge in [0, 0.05) is 5.56 Å². The van der Waals surface area contributed by atoms with E-state index in [9.17, 15) is 4.79 Å². The van der Waals surface area contributed by atoms with Crippen molar-refractivity contribution in [3.63, 3.8) is 0 Å². The first kappa shape index (κ1) is 10.7. The van der Waals surface area contributed by atoms with E-state index in [0.29, 0.717) is 5.56 Å². The molecule has 0 saturated heterocycles. The maximum atomic E-state index is 10.8. The molecule has 2 nitrogen and oxygen atoms in total. The Labute approximate surface area is 86.6 Å². The molecule has 1 aromatic carbocycles. The highest BCUT2D eigenvalue weighted by Crippen LogP contribution is 1.95. The summed E-state index contributed by atoms with van der Waals surface area (Å²) in [5, 5.41) is 1.33. The summed E-state index contributed by atoms with van der Waals surface area (Å²) in [5.41, 5.74) is 9.38. The second-order valence-corrected chi connectivity index (χ2v) is 5.18. The van der Waals surface area contributed by atoms with Gasteiger partial charge in [0.2, 0.25) is 5.91 Å². The third-order valence-electron chi connectivity index (χ3n) is 1.98. The molecule has 0 saturated carbocycles. The Morgan fingerprint density at radius 2 is 1.86 bits per heavy atom. The number of carbonyl (C=O) groups excluding carboxylic acids is 1. The lowest BCUT2D eigenvalue weighted by Crippen LogP contribution is -2.15. The van der Waals surface area contributed by atoms with Crippen LogP contribution in [0, 0.1) is 0 Å². The molecule has 0 fully saturated rings. The van der Waals surface area contributed by atoms with E-state index in [1.54, 1.807) is 12.1 Å². The standard InChI is InChI=1S/C11H15NOSi/c1-8(2)7-14-10-5-3-9(4-6-10)11(12)13/h3-7H,14H2,1-2H3,(H2,12,13). The second-order valence-electron chi connectivity index (χ2n) is 3.55. The highest BCUT2D eigenvalue weighted by atomic mass is 28.2. The van der Waals surface area contributed by atoms with Gasteiger partial charge in [0.05, 0.1) is 9.52 Å². The van der Waals surface area contributed by atoms with E-state index in [1.807, 2.05) is 12.1 Å². The maximum absolute atomic E-state index is 10.8. The summed E-state index contributed by atoms with van der Waals surface area (Å²) in [7, 11) is -0.314. The fourth-order valence-electron chi connectivity index (χ4n) is 1.13. The van der Waals surface area contributed by atoms with Crippen LogP contribution < -0.4 is 10.9 Å². The van der Waals surface area contributed by atoms with Crippen LogP contribution in [0.2, 0.25) is 0 Å². The molecule has 0 spiro atoms. The van der Waals surface area contributed by atoms with Crippen LogP contribution in [0.5, 0.6) is 0 Å². The normalized spacial score (nSPS) is 10.4. The molecule has 0 bridgehead atoms. The van der Waals surface area contributed by atoms with Gasteiger partial charge >= 0.3 is 0 Å². The molecule has 74 valence electrons. The number of allylic oxidation sites excluding steroid dienone is 1. The molecule has 3 heteroatoms. The molecule has 0 aromatic heterocycles. The van der Waals surface area contributed by atoms with Gasteiger partial charge in [-0.2, -0.15) is 0 Å². The predicted molar refractivity (Wildman–Crippen MR) is 62.6 cm³/mol. The number of nitrogens with two attached hydrogens (primary N) is 1. The van der Waals surface area contributed by atoms with Crippen LogP contribution >= 0.6 is 0 Å². The Balaban J connectivity index is 2.74. The topological polar surface area (TPSA) is 43.1 Å². The van der Waals surface area contributed by atoms with Gasteiger partial charge in [-0.3, -0.25) is 4.79 Å². The van der Waals surface area contributed by atoms with E-state index in [0.717, 1.165) is 0 Å². The van der Waals surface area contributed by atoms with Crippen molar-refractivity contribution in [3.8, 4) is 0 Å². The van der Waals surface area contributed by atoms with Gasteiger partial charge in [0.15, 0.2) is 0 Å². The quantitative estimate of drug-likeness (QED) is 0.718. The van der Waals surface area contributed by atoms with Gasteiger partial charge in [0.25, 0.3) is 0 Å². The highest BCUT2D eigenvalue weighted by Gasteiger charge is 1.98. The molecule has 0 unspecified atom stereocenters. The SMILES string of the molecule is CC(C)=C[SiH2]c1ccc(C(N)=O)cc1. The van der Waals surface area contributed by atoms with Crippen LogP contribution in [0.25, 0.3) is 0 Å². The Morgan fingerprint density at radius 1 is 1.29 bits per heavy atom. The first-order valence-electron chi connectivity index (χ1n) is 4.61. The highest BCUT2D eigenvalue weighted by molar-refractivity contribution is 6.58. The van der Waals surface area contributed by atoms with E-state index in [2.05, 4.69) is 19.5 Å². The number of hydrogen-bond acceptors (Lipinski definition) is 1.